The fraction of sp³-hybridized carbons (Fsp3) is 0.167. The zero-order valence-corrected chi connectivity index (χ0v) is 24.0. The zero-order chi connectivity index (χ0) is 28.5. The topological polar surface area (TPSA) is 109 Å². The van der Waals surface area contributed by atoms with Gasteiger partial charge in [-0.05, 0) is 60.6 Å². The van der Waals surface area contributed by atoms with E-state index in [1.54, 1.807) is 62.2 Å². The molecular weight excluding hydrogens is 560 g/mol. The third-order valence-corrected chi connectivity index (χ3v) is 8.35. The maximum absolute atomic E-state index is 14.1. The van der Waals surface area contributed by atoms with Crippen molar-refractivity contribution >= 4 is 45.9 Å². The lowest BCUT2D eigenvalue weighted by molar-refractivity contribution is -0.139. The lowest BCUT2D eigenvalue weighted by Gasteiger charge is -2.27. The van der Waals surface area contributed by atoms with Gasteiger partial charge in [-0.2, -0.15) is 0 Å². The summed E-state index contributed by atoms with van der Waals surface area (Å²) in [5.74, 6) is 0.517. The molecule has 41 heavy (non-hydrogen) atoms. The van der Waals surface area contributed by atoms with Crippen LogP contribution < -0.4 is 19.6 Å². The lowest BCUT2D eigenvalue weighted by atomic mass is 9.90. The number of methoxy groups -OCH3 is 1. The molecule has 0 radical (unpaired) electrons. The van der Waals surface area contributed by atoms with Crippen LogP contribution in [-0.2, 0) is 9.53 Å². The van der Waals surface area contributed by atoms with E-state index in [0.29, 0.717) is 47.9 Å². The van der Waals surface area contributed by atoms with E-state index in [2.05, 4.69) is 15.0 Å². The monoisotopic (exact) mass is 584 g/mol. The maximum Gasteiger partial charge on any atom is 0.338 e. The summed E-state index contributed by atoms with van der Waals surface area (Å²) < 4.78 is 19.1. The molecular formula is C30H24N4O5S2. The maximum atomic E-state index is 14.1. The molecule has 5 aromatic rings. The van der Waals surface area contributed by atoms with Crippen LogP contribution in [0.15, 0.2) is 103 Å². The number of fused-ring (bicyclic) bond motifs is 2. The molecule has 11 heteroatoms. The minimum atomic E-state index is -0.813. The fourth-order valence-corrected chi connectivity index (χ4v) is 6.53. The summed E-state index contributed by atoms with van der Waals surface area (Å²) in [5.41, 5.74) is 1.16. The number of rotatable bonds is 7. The summed E-state index contributed by atoms with van der Waals surface area (Å²) >= 11 is 2.51. The summed E-state index contributed by atoms with van der Waals surface area (Å²) in [5, 5.41) is 2.96. The van der Waals surface area contributed by atoms with Crippen molar-refractivity contribution in [1.82, 2.24) is 14.5 Å². The van der Waals surface area contributed by atoms with Gasteiger partial charge in [-0.3, -0.25) is 9.36 Å². The van der Waals surface area contributed by atoms with Crippen molar-refractivity contribution in [3.8, 4) is 5.75 Å². The highest BCUT2D eigenvalue weighted by atomic mass is 32.2. The van der Waals surface area contributed by atoms with Crippen LogP contribution in [0.3, 0.4) is 0 Å². The normalized spacial score (nSPS) is 15.1. The van der Waals surface area contributed by atoms with Crippen molar-refractivity contribution in [3.63, 3.8) is 0 Å². The van der Waals surface area contributed by atoms with Crippen LogP contribution in [0.4, 0.5) is 0 Å². The SMILES string of the molecule is CCOC(=O)C1=C(C)N=c2sc(=Cc3ccc(Sc4ncccn4)o3)c(=O)n2C1c1c(OC)ccc2ccccc12. The first kappa shape index (κ1) is 26.7. The Morgan fingerprint density at radius 2 is 1.93 bits per heavy atom. The second-order valence-electron chi connectivity index (χ2n) is 9.00. The number of ether oxygens (including phenoxy) is 2. The first-order valence-electron chi connectivity index (χ1n) is 12.8. The van der Waals surface area contributed by atoms with Crippen LogP contribution in [0.1, 0.15) is 31.2 Å². The highest BCUT2D eigenvalue weighted by molar-refractivity contribution is 7.99. The van der Waals surface area contributed by atoms with E-state index >= 15 is 0 Å². The number of hydrogen-bond acceptors (Lipinski definition) is 10. The van der Waals surface area contributed by atoms with Crippen LogP contribution in [0.25, 0.3) is 16.8 Å². The van der Waals surface area contributed by atoms with Gasteiger partial charge in [0.15, 0.2) is 15.1 Å². The Hall–Kier alpha value is -4.48. The Morgan fingerprint density at radius 3 is 2.71 bits per heavy atom. The molecule has 0 bridgehead atoms. The summed E-state index contributed by atoms with van der Waals surface area (Å²) in [7, 11) is 1.57. The number of allylic oxidation sites excluding steroid dienone is 1. The van der Waals surface area contributed by atoms with Gasteiger partial charge in [0.05, 0.1) is 29.5 Å². The lowest BCUT2D eigenvalue weighted by Crippen LogP contribution is -2.40. The minimum Gasteiger partial charge on any atom is -0.496 e. The van der Waals surface area contributed by atoms with Crippen molar-refractivity contribution in [2.45, 2.75) is 30.1 Å². The molecule has 2 aromatic carbocycles. The predicted molar refractivity (Wildman–Crippen MR) is 156 cm³/mol. The number of benzene rings is 2. The highest BCUT2D eigenvalue weighted by Crippen LogP contribution is 2.40. The number of nitrogens with zero attached hydrogens (tertiary/aromatic N) is 4. The molecule has 3 aromatic heterocycles. The molecule has 0 spiro atoms. The average Bonchev–Trinajstić information content (AvgIpc) is 3.55. The molecule has 1 atom stereocenters. The van der Waals surface area contributed by atoms with E-state index in [-0.39, 0.29) is 12.2 Å². The Balaban J connectivity index is 1.53. The first-order chi connectivity index (χ1) is 20.0. The molecule has 0 fully saturated rings. The molecule has 0 amide bonds. The number of aromatic nitrogens is 3. The van der Waals surface area contributed by atoms with Crippen LogP contribution in [0, 0.1) is 0 Å². The minimum absolute atomic E-state index is 0.187. The van der Waals surface area contributed by atoms with Crippen molar-refractivity contribution in [1.29, 1.82) is 0 Å². The number of esters is 1. The molecule has 0 aliphatic carbocycles. The standard InChI is InChI=1S/C30H24N4O5S2/c1-4-38-28(36)24-17(2)33-30-34(26(24)25-20-9-6-5-8-18(20)10-12-21(25)37-3)27(35)22(40-30)16-19-11-13-23(39-19)41-29-31-14-7-15-32-29/h5-16,26H,4H2,1-3H3. The van der Waals surface area contributed by atoms with Crippen LogP contribution in [0.5, 0.6) is 5.75 Å². The van der Waals surface area contributed by atoms with E-state index < -0.39 is 12.0 Å². The van der Waals surface area contributed by atoms with Crippen LogP contribution >= 0.6 is 23.1 Å². The van der Waals surface area contributed by atoms with Gasteiger partial charge < -0.3 is 13.9 Å². The number of thiazole rings is 1. The summed E-state index contributed by atoms with van der Waals surface area (Å²) in [6.45, 7) is 3.69. The largest absolute Gasteiger partial charge is 0.496 e. The molecule has 206 valence electrons. The smallest absolute Gasteiger partial charge is 0.338 e. The number of furan rings is 1. The van der Waals surface area contributed by atoms with Gasteiger partial charge in [0.1, 0.15) is 17.6 Å². The number of carbonyl (C=O) groups excluding carboxylic acids is 1. The van der Waals surface area contributed by atoms with E-state index in [1.807, 2.05) is 36.4 Å². The molecule has 0 saturated heterocycles. The first-order valence-corrected chi connectivity index (χ1v) is 14.4. The quantitative estimate of drug-likeness (QED) is 0.203. The van der Waals surface area contributed by atoms with Crippen molar-refractivity contribution in [2.75, 3.05) is 13.7 Å². The van der Waals surface area contributed by atoms with Crippen molar-refractivity contribution in [2.24, 2.45) is 4.99 Å². The second kappa shape index (κ2) is 11.2. The molecule has 6 rings (SSSR count). The van der Waals surface area contributed by atoms with E-state index in [4.69, 9.17) is 13.9 Å². The Kier molecular flexibility index (Phi) is 7.29. The molecule has 1 aliphatic heterocycles. The van der Waals surface area contributed by atoms with E-state index in [9.17, 15) is 9.59 Å². The Labute approximate surface area is 242 Å². The fourth-order valence-electron chi connectivity index (χ4n) is 4.82. The molecule has 0 N–H and O–H groups in total. The van der Waals surface area contributed by atoms with Crippen molar-refractivity contribution in [3.05, 3.63) is 109 Å². The molecule has 1 aliphatic rings. The highest BCUT2D eigenvalue weighted by Gasteiger charge is 2.36. The number of carbonyl (C=O) groups is 1. The predicted octanol–water partition coefficient (Wildman–Crippen LogP) is 4.49. The molecule has 1 unspecified atom stereocenters. The number of hydrogen-bond donors (Lipinski definition) is 0. The van der Waals surface area contributed by atoms with Gasteiger partial charge in [-0.25, -0.2) is 19.8 Å². The van der Waals surface area contributed by atoms with Crippen molar-refractivity contribution < 1.29 is 18.7 Å². The van der Waals surface area contributed by atoms with Crippen LogP contribution in [0.2, 0.25) is 0 Å². The van der Waals surface area contributed by atoms with Gasteiger partial charge in [-0.15, -0.1) is 0 Å². The van der Waals surface area contributed by atoms with Gasteiger partial charge >= 0.3 is 5.97 Å². The Morgan fingerprint density at radius 1 is 1.12 bits per heavy atom. The third-order valence-electron chi connectivity index (χ3n) is 6.55. The summed E-state index contributed by atoms with van der Waals surface area (Å²) in [4.78, 5) is 41.0. The summed E-state index contributed by atoms with van der Waals surface area (Å²) in [6.07, 6.45) is 5.00. The van der Waals surface area contributed by atoms with Gasteiger partial charge in [0, 0.05) is 24.0 Å². The molecule has 9 nitrogen and oxygen atoms in total. The van der Waals surface area contributed by atoms with Gasteiger partial charge in [0.2, 0.25) is 0 Å². The van der Waals surface area contributed by atoms with Gasteiger partial charge in [0.25, 0.3) is 5.56 Å². The second-order valence-corrected chi connectivity index (χ2v) is 11.0. The average molecular weight is 585 g/mol. The van der Waals surface area contributed by atoms with E-state index in [1.165, 1.54) is 23.1 Å². The molecule has 4 heterocycles. The van der Waals surface area contributed by atoms with E-state index in [0.717, 1.165) is 10.8 Å². The van der Waals surface area contributed by atoms with Gasteiger partial charge in [-0.1, -0.05) is 41.7 Å². The zero-order valence-electron chi connectivity index (χ0n) is 22.4. The van der Waals surface area contributed by atoms with Crippen LogP contribution in [-0.4, -0.2) is 34.2 Å². The Bertz CT molecular complexity index is 1990. The summed E-state index contributed by atoms with van der Waals surface area (Å²) in [6, 6.07) is 16.1. The third kappa shape index (κ3) is 4.98. The molecule has 0 saturated carbocycles.